The summed E-state index contributed by atoms with van der Waals surface area (Å²) in [6, 6.07) is 5.17. The van der Waals surface area contributed by atoms with Crippen LogP contribution < -0.4 is 10.0 Å². The van der Waals surface area contributed by atoms with Crippen molar-refractivity contribution >= 4 is 17.7 Å². The van der Waals surface area contributed by atoms with E-state index < -0.39 is 0 Å². The maximum atomic E-state index is 11.7. The van der Waals surface area contributed by atoms with Gasteiger partial charge in [-0.3, -0.25) is 4.79 Å². The summed E-state index contributed by atoms with van der Waals surface area (Å²) in [7, 11) is 0. The number of aromatic nitrogens is 1. The molecule has 1 aromatic rings. The van der Waals surface area contributed by atoms with E-state index in [-0.39, 0.29) is 11.2 Å². The minimum atomic E-state index is -0.267. The van der Waals surface area contributed by atoms with Crippen molar-refractivity contribution in [2.24, 2.45) is 5.92 Å². The van der Waals surface area contributed by atoms with E-state index in [9.17, 15) is 10.0 Å². The molecule has 1 rings (SSSR count). The number of hydrogen-bond acceptors (Lipinski definition) is 3. The summed E-state index contributed by atoms with van der Waals surface area (Å²) in [6.07, 6.45) is 1.43. The van der Waals surface area contributed by atoms with E-state index in [0.29, 0.717) is 17.5 Å². The Hall–Kier alpha value is -1.23. The normalized spacial score (nSPS) is 12.5. The monoisotopic (exact) mass is 254 g/mol. The molecule has 1 N–H and O–H groups in total. The number of thioether (sulfide) groups is 1. The molecule has 1 heterocycles. The largest absolute Gasteiger partial charge is 0.618 e. The Balaban J connectivity index is 2.51. The Labute approximate surface area is 106 Å². The summed E-state index contributed by atoms with van der Waals surface area (Å²) < 4.78 is 0.775. The highest BCUT2D eigenvalue weighted by Gasteiger charge is 2.18. The molecule has 1 unspecified atom stereocenters. The molecule has 0 bridgehead atoms. The predicted octanol–water partition coefficient (Wildman–Crippen LogP) is 1.57. The van der Waals surface area contributed by atoms with Gasteiger partial charge in [-0.15, -0.1) is 0 Å². The molecule has 0 aliphatic rings. The van der Waals surface area contributed by atoms with Crippen LogP contribution in [-0.4, -0.2) is 17.7 Å². The van der Waals surface area contributed by atoms with E-state index in [0.717, 1.165) is 4.73 Å². The van der Waals surface area contributed by atoms with E-state index in [4.69, 9.17) is 0 Å². The maximum absolute atomic E-state index is 11.7. The van der Waals surface area contributed by atoms with Crippen molar-refractivity contribution in [2.45, 2.75) is 31.0 Å². The lowest BCUT2D eigenvalue weighted by molar-refractivity contribution is -0.645. The molecular weight excluding hydrogens is 236 g/mol. The van der Waals surface area contributed by atoms with Crippen LogP contribution >= 0.6 is 11.8 Å². The van der Waals surface area contributed by atoms with Crippen LogP contribution in [0.3, 0.4) is 0 Å². The van der Waals surface area contributed by atoms with E-state index in [1.54, 1.807) is 25.1 Å². The van der Waals surface area contributed by atoms with Crippen molar-refractivity contribution in [3.8, 4) is 0 Å². The molecule has 1 aromatic heterocycles. The first-order valence-electron chi connectivity index (χ1n) is 5.63. The molecule has 0 aliphatic heterocycles. The fourth-order valence-corrected chi connectivity index (χ4v) is 2.06. The van der Waals surface area contributed by atoms with Gasteiger partial charge in [0.2, 0.25) is 5.91 Å². The molecule has 0 fully saturated rings. The number of nitrogens with zero attached hydrogens (tertiary/aromatic N) is 1. The van der Waals surface area contributed by atoms with Crippen molar-refractivity contribution in [1.29, 1.82) is 0 Å². The third-order valence-electron chi connectivity index (χ3n) is 2.14. The second kappa shape index (κ2) is 6.49. The van der Waals surface area contributed by atoms with Gasteiger partial charge in [0.25, 0.3) is 5.03 Å². The Morgan fingerprint density at radius 2 is 2.18 bits per heavy atom. The molecule has 0 saturated carbocycles. The zero-order valence-electron chi connectivity index (χ0n) is 10.3. The summed E-state index contributed by atoms with van der Waals surface area (Å²) in [4.78, 5) is 11.7. The third-order valence-corrected chi connectivity index (χ3v) is 3.27. The lowest BCUT2D eigenvalue weighted by Crippen LogP contribution is -2.35. The average Bonchev–Trinajstić information content (AvgIpc) is 2.28. The first kappa shape index (κ1) is 13.8. The SMILES string of the molecule is CC(C)CNC(=O)C(C)Sc1cccc[n+]1[O-]. The first-order valence-corrected chi connectivity index (χ1v) is 6.51. The molecule has 0 aromatic carbocycles. The Kier molecular flexibility index (Phi) is 5.28. The molecular formula is C12H18N2O2S. The summed E-state index contributed by atoms with van der Waals surface area (Å²) in [5, 5.41) is 14.5. The standard InChI is InChI=1S/C12H18N2O2S/c1-9(2)8-13-12(15)10(3)17-11-6-4-5-7-14(11)16/h4-7,9-10H,8H2,1-3H3,(H,13,15). The van der Waals surface area contributed by atoms with Gasteiger partial charge in [0, 0.05) is 18.7 Å². The highest BCUT2D eigenvalue weighted by molar-refractivity contribution is 8.00. The van der Waals surface area contributed by atoms with E-state index in [1.165, 1.54) is 18.0 Å². The van der Waals surface area contributed by atoms with Gasteiger partial charge in [0.05, 0.1) is 5.25 Å². The first-order chi connectivity index (χ1) is 8.00. The van der Waals surface area contributed by atoms with Gasteiger partial charge in [-0.25, -0.2) is 0 Å². The Morgan fingerprint density at radius 3 is 2.76 bits per heavy atom. The average molecular weight is 254 g/mol. The van der Waals surface area contributed by atoms with Crippen molar-refractivity contribution in [1.82, 2.24) is 5.32 Å². The second-order valence-electron chi connectivity index (χ2n) is 4.26. The molecule has 1 amide bonds. The van der Waals surface area contributed by atoms with Crippen molar-refractivity contribution in [2.75, 3.05) is 6.54 Å². The molecule has 5 heteroatoms. The van der Waals surface area contributed by atoms with Crippen molar-refractivity contribution in [3.63, 3.8) is 0 Å². The van der Waals surface area contributed by atoms with Gasteiger partial charge in [-0.1, -0.05) is 13.8 Å². The van der Waals surface area contributed by atoms with Crippen molar-refractivity contribution < 1.29 is 9.52 Å². The van der Waals surface area contributed by atoms with Gasteiger partial charge < -0.3 is 10.5 Å². The fourth-order valence-electron chi connectivity index (χ4n) is 1.19. The Morgan fingerprint density at radius 1 is 1.47 bits per heavy atom. The summed E-state index contributed by atoms with van der Waals surface area (Å²) in [5.74, 6) is 0.393. The van der Waals surface area contributed by atoms with Gasteiger partial charge in [-0.2, -0.15) is 4.73 Å². The zero-order chi connectivity index (χ0) is 12.8. The predicted molar refractivity (Wildman–Crippen MR) is 68.6 cm³/mol. The van der Waals surface area contributed by atoms with Crippen LogP contribution in [-0.2, 0) is 4.79 Å². The van der Waals surface area contributed by atoms with E-state index in [1.807, 2.05) is 13.8 Å². The van der Waals surface area contributed by atoms with E-state index in [2.05, 4.69) is 5.32 Å². The van der Waals surface area contributed by atoms with Crippen LogP contribution in [0.15, 0.2) is 29.4 Å². The number of pyridine rings is 1. The quantitative estimate of drug-likeness (QED) is 0.493. The van der Waals surface area contributed by atoms with Gasteiger partial charge in [0.1, 0.15) is 0 Å². The molecule has 94 valence electrons. The topological polar surface area (TPSA) is 56.0 Å². The van der Waals surface area contributed by atoms with Gasteiger partial charge in [-0.05, 0) is 30.7 Å². The number of rotatable bonds is 5. The number of hydrogen-bond donors (Lipinski definition) is 1. The number of amides is 1. The smallest absolute Gasteiger partial charge is 0.252 e. The fraction of sp³-hybridized carbons (Fsp3) is 0.500. The van der Waals surface area contributed by atoms with Crippen LogP contribution in [0.5, 0.6) is 0 Å². The molecule has 0 saturated heterocycles. The number of carbonyl (C=O) groups is 1. The minimum absolute atomic E-state index is 0.0347. The molecule has 4 nitrogen and oxygen atoms in total. The van der Waals surface area contributed by atoms with E-state index >= 15 is 0 Å². The maximum Gasteiger partial charge on any atom is 0.252 e. The lowest BCUT2D eigenvalue weighted by atomic mass is 10.2. The summed E-state index contributed by atoms with van der Waals surface area (Å²) in [5.41, 5.74) is 0. The highest BCUT2D eigenvalue weighted by Crippen LogP contribution is 2.19. The third kappa shape index (κ3) is 4.65. The molecule has 0 radical (unpaired) electrons. The van der Waals surface area contributed by atoms with Gasteiger partial charge in [0.15, 0.2) is 6.20 Å². The minimum Gasteiger partial charge on any atom is -0.618 e. The molecule has 1 atom stereocenters. The van der Waals surface area contributed by atoms with Crippen LogP contribution in [0, 0.1) is 11.1 Å². The molecule has 17 heavy (non-hydrogen) atoms. The number of carbonyl (C=O) groups excluding carboxylic acids is 1. The second-order valence-corrected chi connectivity index (χ2v) is 5.62. The van der Waals surface area contributed by atoms with Crippen LogP contribution in [0.2, 0.25) is 0 Å². The van der Waals surface area contributed by atoms with Crippen LogP contribution in [0.1, 0.15) is 20.8 Å². The summed E-state index contributed by atoms with van der Waals surface area (Å²) >= 11 is 1.27. The molecule has 0 spiro atoms. The van der Waals surface area contributed by atoms with Gasteiger partial charge >= 0.3 is 0 Å². The van der Waals surface area contributed by atoms with Crippen LogP contribution in [0.4, 0.5) is 0 Å². The Bertz CT molecular complexity index is 383. The zero-order valence-corrected chi connectivity index (χ0v) is 11.2. The van der Waals surface area contributed by atoms with Crippen LogP contribution in [0.25, 0.3) is 0 Å². The number of nitrogens with one attached hydrogen (secondary N) is 1. The molecule has 0 aliphatic carbocycles. The van der Waals surface area contributed by atoms with Crippen molar-refractivity contribution in [3.05, 3.63) is 29.6 Å². The highest BCUT2D eigenvalue weighted by atomic mass is 32.2. The summed E-state index contributed by atoms with van der Waals surface area (Å²) in [6.45, 7) is 6.55. The lowest BCUT2D eigenvalue weighted by Gasteiger charge is -2.12.